The summed E-state index contributed by atoms with van der Waals surface area (Å²) < 4.78 is 0. The Morgan fingerprint density at radius 1 is 1.53 bits per heavy atom. The van der Waals surface area contributed by atoms with Crippen LogP contribution in [-0.4, -0.2) is 41.0 Å². The van der Waals surface area contributed by atoms with E-state index in [0.717, 1.165) is 12.4 Å². The number of likely N-dealkylation sites (tertiary alicyclic amines) is 1. The van der Waals surface area contributed by atoms with Crippen LogP contribution < -0.4 is 5.32 Å². The molecule has 0 radical (unpaired) electrons. The molecule has 1 saturated heterocycles. The lowest BCUT2D eigenvalue weighted by atomic mass is 10.1. The summed E-state index contributed by atoms with van der Waals surface area (Å²) in [6, 6.07) is 0.653. The van der Waals surface area contributed by atoms with Crippen molar-refractivity contribution in [2.24, 2.45) is 0 Å². The molecule has 0 aliphatic carbocycles. The molecule has 1 aromatic rings. The second-order valence-corrected chi connectivity index (χ2v) is 4.35. The fourth-order valence-electron chi connectivity index (χ4n) is 2.08. The van der Waals surface area contributed by atoms with Gasteiger partial charge in [-0.3, -0.25) is 0 Å². The monoisotopic (exact) mass is 208 g/mol. The zero-order valence-electron chi connectivity index (χ0n) is 9.37. The molecular weight excluding hydrogens is 188 g/mol. The van der Waals surface area contributed by atoms with Gasteiger partial charge in [0.15, 0.2) is 0 Å². The maximum Gasteiger partial charge on any atom is 0.120 e. The largest absolute Gasteiger partial charge is 0.348 e. The van der Waals surface area contributed by atoms with Crippen LogP contribution in [-0.2, 0) is 6.54 Å². The third kappa shape index (κ3) is 3.32. The van der Waals surface area contributed by atoms with Gasteiger partial charge in [0, 0.05) is 18.4 Å². The minimum Gasteiger partial charge on any atom is -0.348 e. The first-order chi connectivity index (χ1) is 7.34. The molecule has 1 atom stereocenters. The number of aromatic nitrogens is 2. The highest BCUT2D eigenvalue weighted by molar-refractivity contribution is 4.87. The van der Waals surface area contributed by atoms with E-state index >= 15 is 0 Å². The van der Waals surface area contributed by atoms with Crippen LogP contribution in [0.25, 0.3) is 0 Å². The van der Waals surface area contributed by atoms with Crippen molar-refractivity contribution in [3.63, 3.8) is 0 Å². The van der Waals surface area contributed by atoms with Gasteiger partial charge in [0.05, 0.1) is 6.54 Å². The van der Waals surface area contributed by atoms with E-state index in [4.69, 9.17) is 0 Å². The minimum absolute atomic E-state index is 0.653. The van der Waals surface area contributed by atoms with E-state index in [9.17, 15) is 0 Å². The van der Waals surface area contributed by atoms with E-state index in [1.165, 1.54) is 32.4 Å². The molecule has 0 aromatic carbocycles. The van der Waals surface area contributed by atoms with Crippen molar-refractivity contribution in [3.8, 4) is 0 Å². The Morgan fingerprint density at radius 3 is 3.27 bits per heavy atom. The molecule has 0 saturated carbocycles. The van der Waals surface area contributed by atoms with Crippen LogP contribution in [0.4, 0.5) is 0 Å². The number of hydrogen-bond acceptors (Lipinski definition) is 3. The quantitative estimate of drug-likeness (QED) is 0.778. The number of aromatic amines is 1. The number of rotatable bonds is 3. The number of nitrogens with zero attached hydrogens (tertiary/aromatic N) is 2. The van der Waals surface area contributed by atoms with Gasteiger partial charge in [-0.1, -0.05) is 0 Å². The van der Waals surface area contributed by atoms with Crippen molar-refractivity contribution in [3.05, 3.63) is 18.2 Å². The molecule has 0 amide bonds. The summed E-state index contributed by atoms with van der Waals surface area (Å²) in [4.78, 5) is 9.74. The zero-order chi connectivity index (χ0) is 10.5. The molecule has 0 bridgehead atoms. The molecule has 2 N–H and O–H groups in total. The van der Waals surface area contributed by atoms with Crippen LogP contribution in [0.3, 0.4) is 0 Å². The second kappa shape index (κ2) is 5.28. The van der Waals surface area contributed by atoms with Gasteiger partial charge >= 0.3 is 0 Å². The smallest absolute Gasteiger partial charge is 0.120 e. The third-order valence-corrected chi connectivity index (χ3v) is 3.06. The van der Waals surface area contributed by atoms with Gasteiger partial charge in [-0.05, 0) is 39.4 Å². The number of imidazole rings is 1. The maximum atomic E-state index is 4.21. The fourth-order valence-corrected chi connectivity index (χ4v) is 2.08. The predicted molar refractivity (Wildman–Crippen MR) is 60.6 cm³/mol. The molecule has 84 valence electrons. The molecule has 0 spiro atoms. The Bertz CT molecular complexity index is 270. The molecule has 4 nitrogen and oxygen atoms in total. The molecule has 2 rings (SSSR count). The van der Waals surface area contributed by atoms with Crippen molar-refractivity contribution >= 4 is 0 Å². The Balaban J connectivity index is 1.74. The van der Waals surface area contributed by atoms with Gasteiger partial charge in [-0.25, -0.2) is 4.98 Å². The van der Waals surface area contributed by atoms with Crippen molar-refractivity contribution < 1.29 is 0 Å². The van der Waals surface area contributed by atoms with Gasteiger partial charge in [-0.2, -0.15) is 0 Å². The molecule has 1 unspecified atom stereocenters. The van der Waals surface area contributed by atoms with Gasteiger partial charge in [0.25, 0.3) is 0 Å². The lowest BCUT2D eigenvalue weighted by molar-refractivity contribution is 0.343. The summed E-state index contributed by atoms with van der Waals surface area (Å²) in [7, 11) is 2.20. The molecule has 4 heteroatoms. The molecule has 1 aliphatic rings. The Labute approximate surface area is 91.1 Å². The molecule has 1 aliphatic heterocycles. The summed E-state index contributed by atoms with van der Waals surface area (Å²) >= 11 is 0. The van der Waals surface area contributed by atoms with E-state index in [2.05, 4.69) is 27.2 Å². The summed E-state index contributed by atoms with van der Waals surface area (Å²) in [6.07, 6.45) is 7.50. The summed E-state index contributed by atoms with van der Waals surface area (Å²) in [5, 5.41) is 3.56. The SMILES string of the molecule is CN1CCCC(NCc2ncc[nH]2)CC1. The number of H-pyrrole nitrogens is 1. The Hall–Kier alpha value is -0.870. The highest BCUT2D eigenvalue weighted by Gasteiger charge is 2.14. The summed E-state index contributed by atoms with van der Waals surface area (Å²) in [5.41, 5.74) is 0. The molecule has 2 heterocycles. The molecule has 1 fully saturated rings. The lowest BCUT2D eigenvalue weighted by Gasteiger charge is -2.15. The fraction of sp³-hybridized carbons (Fsp3) is 0.727. The van der Waals surface area contributed by atoms with E-state index in [1.807, 2.05) is 6.20 Å². The van der Waals surface area contributed by atoms with E-state index in [1.54, 1.807) is 6.20 Å². The molecule has 15 heavy (non-hydrogen) atoms. The zero-order valence-corrected chi connectivity index (χ0v) is 9.37. The van der Waals surface area contributed by atoms with Crippen LogP contribution in [0.5, 0.6) is 0 Å². The topological polar surface area (TPSA) is 44.0 Å². The van der Waals surface area contributed by atoms with Crippen molar-refractivity contribution in [2.75, 3.05) is 20.1 Å². The van der Waals surface area contributed by atoms with Crippen LogP contribution in [0.1, 0.15) is 25.1 Å². The van der Waals surface area contributed by atoms with Gasteiger partial charge < -0.3 is 15.2 Å². The summed E-state index contributed by atoms with van der Waals surface area (Å²) in [5.74, 6) is 1.03. The number of hydrogen-bond donors (Lipinski definition) is 2. The van der Waals surface area contributed by atoms with Crippen LogP contribution in [0.2, 0.25) is 0 Å². The first-order valence-corrected chi connectivity index (χ1v) is 5.75. The normalized spacial score (nSPS) is 23.9. The van der Waals surface area contributed by atoms with Crippen molar-refractivity contribution in [1.82, 2.24) is 20.2 Å². The second-order valence-electron chi connectivity index (χ2n) is 4.35. The predicted octanol–water partition coefficient (Wildman–Crippen LogP) is 0.984. The molecule has 1 aromatic heterocycles. The van der Waals surface area contributed by atoms with Gasteiger partial charge in [0.1, 0.15) is 5.82 Å². The number of nitrogens with one attached hydrogen (secondary N) is 2. The third-order valence-electron chi connectivity index (χ3n) is 3.06. The standard InChI is InChI=1S/C11H20N4/c1-15-7-2-3-10(4-8-15)14-9-11-12-5-6-13-11/h5-6,10,14H,2-4,7-9H2,1H3,(H,12,13). The first kappa shape index (κ1) is 10.6. The van der Waals surface area contributed by atoms with Gasteiger partial charge in [0.2, 0.25) is 0 Å². The molecular formula is C11H20N4. The van der Waals surface area contributed by atoms with E-state index < -0.39 is 0 Å². The highest BCUT2D eigenvalue weighted by Crippen LogP contribution is 2.09. The first-order valence-electron chi connectivity index (χ1n) is 5.75. The highest BCUT2D eigenvalue weighted by atomic mass is 15.1. The average molecular weight is 208 g/mol. The lowest BCUT2D eigenvalue weighted by Crippen LogP contribution is -2.30. The van der Waals surface area contributed by atoms with Crippen LogP contribution in [0.15, 0.2) is 12.4 Å². The average Bonchev–Trinajstić information content (AvgIpc) is 2.66. The van der Waals surface area contributed by atoms with Crippen LogP contribution >= 0.6 is 0 Å². The Kier molecular flexibility index (Phi) is 3.75. The van der Waals surface area contributed by atoms with Crippen LogP contribution in [0, 0.1) is 0 Å². The Morgan fingerprint density at radius 2 is 2.47 bits per heavy atom. The minimum atomic E-state index is 0.653. The summed E-state index contributed by atoms with van der Waals surface area (Å²) in [6.45, 7) is 3.30. The van der Waals surface area contributed by atoms with Crippen molar-refractivity contribution in [2.45, 2.75) is 31.8 Å². The van der Waals surface area contributed by atoms with E-state index in [0.29, 0.717) is 6.04 Å². The van der Waals surface area contributed by atoms with E-state index in [-0.39, 0.29) is 0 Å². The van der Waals surface area contributed by atoms with Crippen molar-refractivity contribution in [1.29, 1.82) is 0 Å². The van der Waals surface area contributed by atoms with Gasteiger partial charge in [-0.15, -0.1) is 0 Å². The maximum absolute atomic E-state index is 4.21.